The summed E-state index contributed by atoms with van der Waals surface area (Å²) >= 11 is 3.36. The van der Waals surface area contributed by atoms with Gasteiger partial charge in [-0.2, -0.15) is 0 Å². The second-order valence-electron chi connectivity index (χ2n) is 5.80. The first-order valence-electron chi connectivity index (χ1n) is 8.27. The molecule has 134 valence electrons. The Bertz CT molecular complexity index is 860. The highest BCUT2D eigenvalue weighted by Crippen LogP contribution is 2.23. The number of aryl methyl sites for hydroxylation is 1. The van der Waals surface area contributed by atoms with Crippen LogP contribution in [0.4, 0.5) is 4.39 Å². The predicted molar refractivity (Wildman–Crippen MR) is 105 cm³/mol. The Morgan fingerprint density at radius 2 is 1.88 bits per heavy atom. The maximum absolute atomic E-state index is 12.9. The van der Waals surface area contributed by atoms with Crippen LogP contribution in [0.3, 0.4) is 0 Å². The fraction of sp³-hybridized carbons (Fsp3) is 0.200. The van der Waals surface area contributed by atoms with Crippen LogP contribution in [0.2, 0.25) is 0 Å². The van der Waals surface area contributed by atoms with Gasteiger partial charge in [0.1, 0.15) is 5.82 Å². The number of hydrogen-bond acceptors (Lipinski definition) is 4. The topological polar surface area (TPSA) is 42.0 Å². The maximum atomic E-state index is 12.9. The van der Waals surface area contributed by atoms with Crippen molar-refractivity contribution in [3.05, 3.63) is 81.6 Å². The third kappa shape index (κ3) is 5.41. The molecule has 0 unspecified atom stereocenters. The first kappa shape index (κ1) is 18.6. The Balaban J connectivity index is 1.46. The first-order chi connectivity index (χ1) is 12.6. The van der Waals surface area contributed by atoms with E-state index in [-0.39, 0.29) is 11.7 Å². The highest BCUT2D eigenvalue weighted by molar-refractivity contribution is 7.98. The van der Waals surface area contributed by atoms with E-state index in [1.165, 1.54) is 12.1 Å². The highest BCUT2D eigenvalue weighted by atomic mass is 32.2. The number of nitrogens with one attached hydrogen (secondary N) is 1. The van der Waals surface area contributed by atoms with Crippen molar-refractivity contribution in [2.75, 3.05) is 6.54 Å². The van der Waals surface area contributed by atoms with Crippen LogP contribution in [0.5, 0.6) is 0 Å². The lowest BCUT2D eigenvalue weighted by molar-refractivity contribution is 0.0954. The van der Waals surface area contributed by atoms with Crippen LogP contribution in [0.1, 0.15) is 26.6 Å². The molecule has 1 aromatic heterocycles. The largest absolute Gasteiger partial charge is 0.352 e. The average molecular weight is 387 g/mol. The third-order valence-electron chi connectivity index (χ3n) is 3.78. The summed E-state index contributed by atoms with van der Waals surface area (Å²) in [6.45, 7) is 2.52. The van der Waals surface area contributed by atoms with E-state index in [4.69, 9.17) is 0 Å². The van der Waals surface area contributed by atoms with Gasteiger partial charge >= 0.3 is 0 Å². The molecule has 0 saturated carbocycles. The first-order valence-corrected chi connectivity index (χ1v) is 10.1. The van der Waals surface area contributed by atoms with Crippen molar-refractivity contribution in [3.63, 3.8) is 0 Å². The zero-order chi connectivity index (χ0) is 18.4. The van der Waals surface area contributed by atoms with Crippen LogP contribution in [0.15, 0.2) is 58.8 Å². The van der Waals surface area contributed by atoms with E-state index in [1.807, 2.05) is 31.2 Å². The molecule has 0 fully saturated rings. The number of carbonyl (C=O) groups excluding carboxylic acids is 1. The van der Waals surface area contributed by atoms with Gasteiger partial charge in [0.05, 0.1) is 10.7 Å². The number of thioether (sulfide) groups is 1. The number of amides is 1. The number of benzene rings is 2. The summed E-state index contributed by atoms with van der Waals surface area (Å²) in [7, 11) is 0. The van der Waals surface area contributed by atoms with Crippen LogP contribution in [-0.2, 0) is 12.2 Å². The lowest BCUT2D eigenvalue weighted by Gasteiger charge is -2.06. The predicted octanol–water partition coefficient (Wildman–Crippen LogP) is 4.86. The van der Waals surface area contributed by atoms with Crippen molar-refractivity contribution >= 4 is 29.0 Å². The number of halogens is 1. The summed E-state index contributed by atoms with van der Waals surface area (Å²) in [5.41, 5.74) is 2.72. The summed E-state index contributed by atoms with van der Waals surface area (Å²) in [4.78, 5) is 17.8. The molecule has 1 N–H and O–H groups in total. The van der Waals surface area contributed by atoms with Crippen LogP contribution >= 0.6 is 23.1 Å². The summed E-state index contributed by atoms with van der Waals surface area (Å²) in [5.74, 6) is 0.479. The van der Waals surface area contributed by atoms with Crippen molar-refractivity contribution in [1.29, 1.82) is 0 Å². The lowest BCUT2D eigenvalue weighted by atomic mass is 10.1. The zero-order valence-electron chi connectivity index (χ0n) is 14.4. The molecule has 26 heavy (non-hydrogen) atoms. The Labute approximate surface area is 160 Å². The van der Waals surface area contributed by atoms with Gasteiger partial charge in [-0.05, 0) is 55.3 Å². The van der Waals surface area contributed by atoms with Crippen molar-refractivity contribution in [3.8, 4) is 0 Å². The van der Waals surface area contributed by atoms with Gasteiger partial charge in [0.25, 0.3) is 5.91 Å². The molecule has 3 rings (SSSR count). The molecule has 0 radical (unpaired) electrons. The van der Waals surface area contributed by atoms with Gasteiger partial charge in [0, 0.05) is 28.1 Å². The van der Waals surface area contributed by atoms with Gasteiger partial charge < -0.3 is 5.32 Å². The van der Waals surface area contributed by atoms with E-state index in [0.717, 1.165) is 26.9 Å². The van der Waals surface area contributed by atoms with Crippen molar-refractivity contribution in [2.45, 2.75) is 24.0 Å². The number of nitrogens with zero attached hydrogens (tertiary/aromatic N) is 1. The van der Waals surface area contributed by atoms with Gasteiger partial charge in [-0.3, -0.25) is 4.79 Å². The van der Waals surface area contributed by atoms with E-state index in [0.29, 0.717) is 18.5 Å². The number of thiazole rings is 1. The standard InChI is InChI=1S/C20H19FN2OS2/c1-14-23-18(12-25-14)13-26-19-8-4-16(5-9-19)20(24)22-11-10-15-2-6-17(21)7-3-15/h2-9,12H,10-11,13H2,1H3,(H,22,24). The van der Waals surface area contributed by atoms with E-state index in [2.05, 4.69) is 15.7 Å². The molecule has 0 bridgehead atoms. The molecule has 0 atom stereocenters. The van der Waals surface area contributed by atoms with E-state index >= 15 is 0 Å². The van der Waals surface area contributed by atoms with Gasteiger partial charge in [0.2, 0.25) is 0 Å². The number of aromatic nitrogens is 1. The van der Waals surface area contributed by atoms with Gasteiger partial charge in [-0.15, -0.1) is 23.1 Å². The quantitative estimate of drug-likeness (QED) is 0.590. The van der Waals surface area contributed by atoms with Crippen LogP contribution < -0.4 is 5.32 Å². The molecule has 0 aliphatic heterocycles. The second kappa shape index (κ2) is 8.96. The van der Waals surface area contributed by atoms with Gasteiger partial charge in [0.15, 0.2) is 0 Å². The fourth-order valence-electron chi connectivity index (χ4n) is 2.41. The van der Waals surface area contributed by atoms with Crippen LogP contribution in [0.25, 0.3) is 0 Å². The Hall–Kier alpha value is -2.18. The molecule has 0 aliphatic carbocycles. The minimum atomic E-state index is -0.249. The molecular weight excluding hydrogens is 367 g/mol. The molecule has 6 heteroatoms. The van der Waals surface area contributed by atoms with E-state index < -0.39 is 0 Å². The van der Waals surface area contributed by atoms with Crippen molar-refractivity contribution in [2.24, 2.45) is 0 Å². The Kier molecular flexibility index (Phi) is 6.41. The number of hydrogen-bond donors (Lipinski definition) is 1. The minimum Gasteiger partial charge on any atom is -0.352 e. The molecule has 0 aliphatic rings. The smallest absolute Gasteiger partial charge is 0.251 e. The number of rotatable bonds is 7. The third-order valence-corrected chi connectivity index (χ3v) is 5.65. The molecule has 1 amide bonds. The summed E-state index contributed by atoms with van der Waals surface area (Å²) in [5, 5.41) is 6.05. The molecule has 1 heterocycles. The molecular formula is C20H19FN2OS2. The van der Waals surface area contributed by atoms with Crippen LogP contribution in [0, 0.1) is 12.7 Å². The minimum absolute atomic E-state index is 0.0983. The van der Waals surface area contributed by atoms with Crippen molar-refractivity contribution < 1.29 is 9.18 Å². The SMILES string of the molecule is Cc1nc(CSc2ccc(C(=O)NCCc3ccc(F)cc3)cc2)cs1. The number of carbonyl (C=O) groups is 1. The Morgan fingerprint density at radius 3 is 2.54 bits per heavy atom. The highest BCUT2D eigenvalue weighted by Gasteiger charge is 2.06. The molecule has 3 aromatic rings. The maximum Gasteiger partial charge on any atom is 0.251 e. The molecule has 0 spiro atoms. The Morgan fingerprint density at radius 1 is 1.15 bits per heavy atom. The zero-order valence-corrected chi connectivity index (χ0v) is 16.0. The van der Waals surface area contributed by atoms with Crippen LogP contribution in [-0.4, -0.2) is 17.4 Å². The van der Waals surface area contributed by atoms with Gasteiger partial charge in [-0.25, -0.2) is 9.37 Å². The summed E-state index contributed by atoms with van der Waals surface area (Å²) < 4.78 is 12.9. The molecule has 3 nitrogen and oxygen atoms in total. The summed E-state index contributed by atoms with van der Waals surface area (Å²) in [6, 6.07) is 13.9. The molecule has 2 aromatic carbocycles. The normalized spacial score (nSPS) is 10.7. The fourth-order valence-corrected chi connectivity index (χ4v) is 3.92. The van der Waals surface area contributed by atoms with Gasteiger partial charge in [-0.1, -0.05) is 12.1 Å². The van der Waals surface area contributed by atoms with Crippen molar-refractivity contribution in [1.82, 2.24) is 10.3 Å². The second-order valence-corrected chi connectivity index (χ2v) is 7.91. The molecule has 0 saturated heterocycles. The lowest BCUT2D eigenvalue weighted by Crippen LogP contribution is -2.25. The average Bonchev–Trinajstić information content (AvgIpc) is 3.07. The monoisotopic (exact) mass is 386 g/mol. The van der Waals surface area contributed by atoms with E-state index in [9.17, 15) is 9.18 Å². The summed E-state index contributed by atoms with van der Waals surface area (Å²) in [6.07, 6.45) is 0.674. The van der Waals surface area contributed by atoms with E-state index in [1.54, 1.807) is 35.2 Å².